The first kappa shape index (κ1) is 22.0. The second kappa shape index (κ2) is 9.97. The van der Waals surface area contributed by atoms with Gasteiger partial charge in [-0.2, -0.15) is 0 Å². The largest absolute Gasteiger partial charge is 0.350 e. The van der Waals surface area contributed by atoms with E-state index in [1.807, 2.05) is 18.2 Å². The van der Waals surface area contributed by atoms with E-state index >= 15 is 0 Å². The van der Waals surface area contributed by atoms with Crippen molar-refractivity contribution in [3.63, 3.8) is 0 Å². The molecule has 0 saturated carbocycles. The summed E-state index contributed by atoms with van der Waals surface area (Å²) in [6.45, 7) is 2.59. The fraction of sp³-hybridized carbons (Fsp3) is 0.240. The van der Waals surface area contributed by atoms with Gasteiger partial charge in [0, 0.05) is 17.8 Å². The SMILES string of the molecule is O=C(NC[C@@H](c1ccccc1)N1CCCC1)c1ccc(NS(=O)(=O)c2ccccc2)cc1. The standard InChI is InChI=1S/C25H27N3O3S/c29-25(26-19-24(28-17-7-8-18-28)20-9-3-1-4-10-20)21-13-15-22(16-14-21)27-32(30,31)23-11-5-2-6-12-23/h1-6,9-16,24,27H,7-8,17-19H2,(H,26,29)/t24-/m0/s1. The summed E-state index contributed by atoms with van der Waals surface area (Å²) >= 11 is 0. The van der Waals surface area contributed by atoms with Gasteiger partial charge in [0.05, 0.1) is 10.9 Å². The maximum Gasteiger partial charge on any atom is 0.261 e. The molecule has 0 unspecified atom stereocenters. The molecule has 0 radical (unpaired) electrons. The Balaban J connectivity index is 1.40. The van der Waals surface area contributed by atoms with E-state index in [-0.39, 0.29) is 16.8 Å². The van der Waals surface area contributed by atoms with E-state index < -0.39 is 10.0 Å². The number of carbonyl (C=O) groups excluding carboxylic acids is 1. The number of amides is 1. The monoisotopic (exact) mass is 449 g/mol. The van der Waals surface area contributed by atoms with Crippen LogP contribution in [-0.4, -0.2) is 38.9 Å². The molecule has 1 saturated heterocycles. The molecule has 166 valence electrons. The van der Waals surface area contributed by atoms with Gasteiger partial charge < -0.3 is 5.32 Å². The average molecular weight is 450 g/mol. The molecule has 0 aliphatic carbocycles. The zero-order valence-corrected chi connectivity index (χ0v) is 18.6. The predicted molar refractivity (Wildman–Crippen MR) is 126 cm³/mol. The highest BCUT2D eigenvalue weighted by atomic mass is 32.2. The van der Waals surface area contributed by atoms with Crippen molar-refractivity contribution in [1.82, 2.24) is 10.2 Å². The molecule has 1 atom stereocenters. The summed E-state index contributed by atoms with van der Waals surface area (Å²) in [6.07, 6.45) is 2.36. The summed E-state index contributed by atoms with van der Waals surface area (Å²) in [7, 11) is -3.66. The Labute approximate surface area is 189 Å². The number of carbonyl (C=O) groups is 1. The molecule has 1 heterocycles. The van der Waals surface area contributed by atoms with Crippen LogP contribution in [0.2, 0.25) is 0 Å². The van der Waals surface area contributed by atoms with Crippen molar-refractivity contribution < 1.29 is 13.2 Å². The molecule has 32 heavy (non-hydrogen) atoms. The first-order chi connectivity index (χ1) is 15.5. The van der Waals surface area contributed by atoms with Crippen molar-refractivity contribution in [2.24, 2.45) is 0 Å². The zero-order valence-electron chi connectivity index (χ0n) is 17.8. The second-order valence-electron chi connectivity index (χ2n) is 7.88. The summed E-state index contributed by atoms with van der Waals surface area (Å²) in [5.74, 6) is -0.178. The van der Waals surface area contributed by atoms with Crippen molar-refractivity contribution in [2.45, 2.75) is 23.8 Å². The Bertz CT molecular complexity index is 1130. The van der Waals surface area contributed by atoms with Gasteiger partial charge in [-0.05, 0) is 67.9 Å². The molecule has 6 nitrogen and oxygen atoms in total. The van der Waals surface area contributed by atoms with Crippen LogP contribution in [-0.2, 0) is 10.0 Å². The van der Waals surface area contributed by atoms with E-state index in [9.17, 15) is 13.2 Å². The smallest absolute Gasteiger partial charge is 0.261 e. The highest BCUT2D eigenvalue weighted by Gasteiger charge is 2.24. The van der Waals surface area contributed by atoms with Crippen LogP contribution in [0.25, 0.3) is 0 Å². The van der Waals surface area contributed by atoms with E-state index in [0.29, 0.717) is 17.8 Å². The number of nitrogens with zero attached hydrogens (tertiary/aromatic N) is 1. The molecular formula is C25H27N3O3S. The van der Waals surface area contributed by atoms with Crippen LogP contribution in [0.5, 0.6) is 0 Å². The third-order valence-corrected chi connectivity index (χ3v) is 7.07. The van der Waals surface area contributed by atoms with Crippen LogP contribution in [0.15, 0.2) is 89.8 Å². The van der Waals surface area contributed by atoms with Gasteiger partial charge in [0.1, 0.15) is 0 Å². The van der Waals surface area contributed by atoms with Gasteiger partial charge in [0.15, 0.2) is 0 Å². The molecule has 7 heteroatoms. The van der Waals surface area contributed by atoms with Crippen molar-refractivity contribution in [3.05, 3.63) is 96.1 Å². The molecule has 1 aliphatic heterocycles. The molecule has 1 amide bonds. The van der Waals surface area contributed by atoms with E-state index in [0.717, 1.165) is 13.1 Å². The number of anilines is 1. The summed E-state index contributed by atoms with van der Waals surface area (Å²) in [4.78, 5) is 15.3. The van der Waals surface area contributed by atoms with Crippen LogP contribution >= 0.6 is 0 Å². The third-order valence-electron chi connectivity index (χ3n) is 5.67. The van der Waals surface area contributed by atoms with E-state index in [4.69, 9.17) is 0 Å². The third kappa shape index (κ3) is 5.36. The van der Waals surface area contributed by atoms with Crippen LogP contribution in [0.1, 0.15) is 34.8 Å². The summed E-state index contributed by atoms with van der Waals surface area (Å²) in [5, 5.41) is 3.05. The van der Waals surface area contributed by atoms with E-state index in [1.54, 1.807) is 42.5 Å². The van der Waals surface area contributed by atoms with E-state index in [1.165, 1.54) is 30.5 Å². The number of likely N-dealkylation sites (tertiary alicyclic amines) is 1. The Hall–Kier alpha value is -3.16. The number of benzene rings is 3. The van der Waals surface area contributed by atoms with Crippen LogP contribution in [0.4, 0.5) is 5.69 Å². The lowest BCUT2D eigenvalue weighted by molar-refractivity contribution is 0.0938. The molecule has 3 aromatic carbocycles. The average Bonchev–Trinajstić information content (AvgIpc) is 3.35. The van der Waals surface area contributed by atoms with Gasteiger partial charge >= 0.3 is 0 Å². The summed E-state index contributed by atoms with van der Waals surface area (Å²) in [5.41, 5.74) is 2.09. The Kier molecular flexibility index (Phi) is 6.87. The Morgan fingerprint density at radius 1 is 0.844 bits per heavy atom. The minimum absolute atomic E-state index is 0.139. The molecule has 0 spiro atoms. The molecule has 0 aromatic heterocycles. The van der Waals surface area contributed by atoms with Crippen LogP contribution < -0.4 is 10.0 Å². The lowest BCUT2D eigenvalue weighted by Crippen LogP contribution is -2.36. The van der Waals surface area contributed by atoms with Gasteiger partial charge in [0.2, 0.25) is 0 Å². The molecule has 0 bridgehead atoms. The van der Waals surface area contributed by atoms with Crippen molar-refractivity contribution in [2.75, 3.05) is 24.4 Å². The second-order valence-corrected chi connectivity index (χ2v) is 9.56. The fourth-order valence-electron chi connectivity index (χ4n) is 3.98. The highest BCUT2D eigenvalue weighted by molar-refractivity contribution is 7.92. The lowest BCUT2D eigenvalue weighted by atomic mass is 10.1. The van der Waals surface area contributed by atoms with E-state index in [2.05, 4.69) is 27.1 Å². The van der Waals surface area contributed by atoms with Crippen LogP contribution in [0, 0.1) is 0 Å². The zero-order chi connectivity index (χ0) is 22.4. The number of hydrogen-bond acceptors (Lipinski definition) is 4. The van der Waals surface area contributed by atoms with Gasteiger partial charge in [-0.15, -0.1) is 0 Å². The Morgan fingerprint density at radius 2 is 1.44 bits per heavy atom. The predicted octanol–water partition coefficient (Wildman–Crippen LogP) is 4.05. The normalized spacial score (nSPS) is 15.2. The highest BCUT2D eigenvalue weighted by Crippen LogP contribution is 2.24. The molecule has 3 aromatic rings. The van der Waals surface area contributed by atoms with Crippen molar-refractivity contribution >= 4 is 21.6 Å². The molecule has 1 fully saturated rings. The number of nitrogens with one attached hydrogen (secondary N) is 2. The number of rotatable bonds is 8. The summed E-state index contributed by atoms with van der Waals surface area (Å²) in [6, 6.07) is 25.0. The number of sulfonamides is 1. The first-order valence-electron chi connectivity index (χ1n) is 10.8. The topological polar surface area (TPSA) is 78.5 Å². The molecule has 1 aliphatic rings. The number of hydrogen-bond donors (Lipinski definition) is 2. The van der Waals surface area contributed by atoms with Crippen molar-refractivity contribution in [1.29, 1.82) is 0 Å². The summed E-state index contributed by atoms with van der Waals surface area (Å²) < 4.78 is 27.5. The maximum absolute atomic E-state index is 12.7. The molecule has 4 rings (SSSR count). The fourth-order valence-corrected chi connectivity index (χ4v) is 5.06. The maximum atomic E-state index is 12.7. The van der Waals surface area contributed by atoms with Crippen molar-refractivity contribution in [3.8, 4) is 0 Å². The first-order valence-corrected chi connectivity index (χ1v) is 12.3. The van der Waals surface area contributed by atoms with Gasteiger partial charge in [-0.1, -0.05) is 48.5 Å². The molecular weight excluding hydrogens is 422 g/mol. The molecule has 2 N–H and O–H groups in total. The minimum atomic E-state index is -3.66. The lowest BCUT2D eigenvalue weighted by Gasteiger charge is -2.28. The van der Waals surface area contributed by atoms with Crippen LogP contribution in [0.3, 0.4) is 0 Å². The van der Waals surface area contributed by atoms with Gasteiger partial charge in [-0.25, -0.2) is 8.42 Å². The quantitative estimate of drug-likeness (QED) is 0.544. The van der Waals surface area contributed by atoms with Gasteiger partial charge in [0.25, 0.3) is 15.9 Å². The van der Waals surface area contributed by atoms with Gasteiger partial charge in [-0.3, -0.25) is 14.4 Å². The minimum Gasteiger partial charge on any atom is -0.350 e. The Morgan fingerprint density at radius 3 is 2.06 bits per heavy atom.